The molecule has 6 heteroatoms. The van der Waals surface area contributed by atoms with Crippen LogP contribution in [0.3, 0.4) is 0 Å². The van der Waals surface area contributed by atoms with E-state index in [2.05, 4.69) is 5.32 Å². The van der Waals surface area contributed by atoms with Crippen LogP contribution in [-0.4, -0.2) is 40.0 Å². The number of carboxylic acid groups (broad SMARTS) is 1. The first-order chi connectivity index (χ1) is 7.65. The molecule has 6 nitrogen and oxygen atoms in total. The van der Waals surface area contributed by atoms with Gasteiger partial charge in [0.05, 0.1) is 5.41 Å². The van der Waals surface area contributed by atoms with Crippen LogP contribution < -0.4 is 5.32 Å². The number of carbonyl (C=O) groups is 3. The molecule has 0 spiro atoms. The highest BCUT2D eigenvalue weighted by Crippen LogP contribution is 2.29. The highest BCUT2D eigenvalue weighted by atomic mass is 16.4. The Morgan fingerprint density at radius 3 is 2.41 bits per heavy atom. The van der Waals surface area contributed by atoms with E-state index in [9.17, 15) is 14.4 Å². The molecule has 0 aromatic rings. The van der Waals surface area contributed by atoms with Crippen molar-refractivity contribution in [1.82, 2.24) is 10.2 Å². The Morgan fingerprint density at radius 1 is 1.47 bits per heavy atom. The molecule has 1 aliphatic heterocycles. The van der Waals surface area contributed by atoms with Crippen molar-refractivity contribution in [2.24, 2.45) is 5.41 Å². The number of hydrogen-bond acceptors (Lipinski definition) is 3. The summed E-state index contributed by atoms with van der Waals surface area (Å²) < 4.78 is 0. The Morgan fingerprint density at radius 2 is 2.00 bits per heavy atom. The number of carboxylic acids is 1. The molecule has 96 valence electrons. The topological polar surface area (TPSA) is 86.7 Å². The summed E-state index contributed by atoms with van der Waals surface area (Å²) in [4.78, 5) is 35.7. The maximum absolute atomic E-state index is 11.7. The number of amides is 3. The van der Waals surface area contributed by atoms with E-state index in [1.54, 1.807) is 13.8 Å². The van der Waals surface area contributed by atoms with Gasteiger partial charge in [-0.3, -0.25) is 14.9 Å². The van der Waals surface area contributed by atoms with E-state index < -0.39 is 23.0 Å². The molecule has 0 aliphatic carbocycles. The molecule has 0 saturated carbocycles. The minimum Gasteiger partial charge on any atom is -0.481 e. The van der Waals surface area contributed by atoms with Gasteiger partial charge in [-0.05, 0) is 27.2 Å². The zero-order chi connectivity index (χ0) is 13.4. The summed E-state index contributed by atoms with van der Waals surface area (Å²) in [7, 11) is 0. The van der Waals surface area contributed by atoms with Gasteiger partial charge in [0.25, 0.3) is 5.91 Å². The van der Waals surface area contributed by atoms with E-state index in [1.165, 1.54) is 18.7 Å². The van der Waals surface area contributed by atoms with Gasteiger partial charge in [0, 0.05) is 6.54 Å². The second-order valence-corrected chi connectivity index (χ2v) is 5.16. The fourth-order valence-electron chi connectivity index (χ4n) is 1.71. The van der Waals surface area contributed by atoms with Gasteiger partial charge in [0.1, 0.15) is 5.54 Å². The molecule has 0 bridgehead atoms. The maximum Gasteiger partial charge on any atom is 0.325 e. The molecular weight excluding hydrogens is 224 g/mol. The van der Waals surface area contributed by atoms with Gasteiger partial charge in [0.2, 0.25) is 0 Å². The SMILES string of the molecule is CCC1(C)C(=O)NC(=O)N1CC(C)(C)C(=O)O. The van der Waals surface area contributed by atoms with Crippen molar-refractivity contribution >= 4 is 17.9 Å². The molecular formula is C11H18N2O4. The molecule has 0 radical (unpaired) electrons. The van der Waals surface area contributed by atoms with E-state index in [1.807, 2.05) is 0 Å². The lowest BCUT2D eigenvalue weighted by Crippen LogP contribution is -2.51. The van der Waals surface area contributed by atoms with E-state index in [0.29, 0.717) is 6.42 Å². The molecule has 0 aromatic heterocycles. The minimum atomic E-state index is -1.08. The van der Waals surface area contributed by atoms with Gasteiger partial charge in [-0.25, -0.2) is 4.79 Å². The average Bonchev–Trinajstić information content (AvgIpc) is 2.42. The van der Waals surface area contributed by atoms with Crippen LogP contribution in [0.1, 0.15) is 34.1 Å². The predicted octanol–water partition coefficient (Wildman–Crippen LogP) is 0.818. The van der Waals surface area contributed by atoms with Crippen molar-refractivity contribution in [2.75, 3.05) is 6.54 Å². The lowest BCUT2D eigenvalue weighted by Gasteiger charge is -2.35. The average molecular weight is 242 g/mol. The molecule has 17 heavy (non-hydrogen) atoms. The maximum atomic E-state index is 11.7. The third kappa shape index (κ3) is 2.11. The predicted molar refractivity (Wildman–Crippen MR) is 60.4 cm³/mol. The Balaban J connectivity index is 3.00. The van der Waals surface area contributed by atoms with E-state index >= 15 is 0 Å². The Labute approximate surface area is 100.0 Å². The minimum absolute atomic E-state index is 0.00421. The van der Waals surface area contributed by atoms with Gasteiger partial charge < -0.3 is 10.0 Å². The number of imide groups is 1. The zero-order valence-corrected chi connectivity index (χ0v) is 10.5. The summed E-state index contributed by atoms with van der Waals surface area (Å²) in [6, 6.07) is -0.520. The lowest BCUT2D eigenvalue weighted by atomic mass is 9.89. The fourth-order valence-corrected chi connectivity index (χ4v) is 1.71. The summed E-state index contributed by atoms with van der Waals surface area (Å²) in [5.41, 5.74) is -2.04. The molecule has 1 saturated heterocycles. The molecule has 1 aliphatic rings. The Bertz CT molecular complexity index is 378. The largest absolute Gasteiger partial charge is 0.481 e. The van der Waals surface area contributed by atoms with E-state index in [0.717, 1.165) is 0 Å². The van der Waals surface area contributed by atoms with Crippen LogP contribution in [-0.2, 0) is 9.59 Å². The first-order valence-corrected chi connectivity index (χ1v) is 5.51. The monoisotopic (exact) mass is 242 g/mol. The number of nitrogens with zero attached hydrogens (tertiary/aromatic N) is 1. The molecule has 1 fully saturated rings. The van der Waals surface area contributed by atoms with Crippen LogP contribution in [0.5, 0.6) is 0 Å². The normalized spacial score (nSPS) is 25.1. The summed E-state index contributed by atoms with van der Waals surface area (Å²) >= 11 is 0. The number of aliphatic carboxylic acids is 1. The lowest BCUT2D eigenvalue weighted by molar-refractivity contribution is -0.148. The van der Waals surface area contributed by atoms with Crippen molar-refractivity contribution in [3.63, 3.8) is 0 Å². The number of carbonyl (C=O) groups excluding carboxylic acids is 2. The molecule has 3 amide bonds. The summed E-state index contributed by atoms with van der Waals surface area (Å²) in [5, 5.41) is 11.3. The zero-order valence-electron chi connectivity index (χ0n) is 10.5. The fraction of sp³-hybridized carbons (Fsp3) is 0.727. The van der Waals surface area contributed by atoms with Crippen molar-refractivity contribution in [3.8, 4) is 0 Å². The van der Waals surface area contributed by atoms with E-state index in [-0.39, 0.29) is 12.5 Å². The van der Waals surface area contributed by atoms with Crippen molar-refractivity contribution in [2.45, 2.75) is 39.7 Å². The first kappa shape index (κ1) is 13.5. The summed E-state index contributed by atoms with van der Waals surface area (Å²) in [6.45, 7) is 6.50. The van der Waals surface area contributed by atoms with Crippen LogP contribution in [0.25, 0.3) is 0 Å². The third-order valence-corrected chi connectivity index (χ3v) is 3.37. The molecule has 0 aromatic carbocycles. The van der Waals surface area contributed by atoms with Gasteiger partial charge >= 0.3 is 12.0 Å². The van der Waals surface area contributed by atoms with Crippen molar-refractivity contribution in [3.05, 3.63) is 0 Å². The molecule has 1 heterocycles. The van der Waals surface area contributed by atoms with Crippen LogP contribution in [0, 0.1) is 5.41 Å². The van der Waals surface area contributed by atoms with Crippen molar-refractivity contribution < 1.29 is 19.5 Å². The number of urea groups is 1. The smallest absolute Gasteiger partial charge is 0.325 e. The second-order valence-electron chi connectivity index (χ2n) is 5.16. The van der Waals surface area contributed by atoms with Gasteiger partial charge in [-0.2, -0.15) is 0 Å². The molecule has 1 atom stereocenters. The molecule has 1 rings (SSSR count). The number of rotatable bonds is 4. The summed E-state index contributed by atoms with van der Waals surface area (Å²) in [5.74, 6) is -1.37. The second kappa shape index (κ2) is 4.01. The molecule has 1 unspecified atom stereocenters. The van der Waals surface area contributed by atoms with E-state index in [4.69, 9.17) is 5.11 Å². The van der Waals surface area contributed by atoms with Crippen LogP contribution >= 0.6 is 0 Å². The Kier molecular flexibility index (Phi) is 3.18. The van der Waals surface area contributed by atoms with Crippen LogP contribution in [0.4, 0.5) is 4.79 Å². The highest BCUT2D eigenvalue weighted by Gasteiger charge is 2.50. The highest BCUT2D eigenvalue weighted by molar-refractivity contribution is 6.06. The Hall–Kier alpha value is -1.59. The first-order valence-electron chi connectivity index (χ1n) is 5.51. The third-order valence-electron chi connectivity index (χ3n) is 3.37. The quantitative estimate of drug-likeness (QED) is 0.714. The van der Waals surface area contributed by atoms with Gasteiger partial charge in [-0.15, -0.1) is 0 Å². The standard InChI is InChI=1S/C11H18N2O4/c1-5-11(4)7(14)12-9(17)13(11)6-10(2,3)8(15)16/h5-6H2,1-4H3,(H,15,16)(H,12,14,17). The van der Waals surface area contributed by atoms with Crippen LogP contribution in [0.15, 0.2) is 0 Å². The summed E-state index contributed by atoms with van der Waals surface area (Å²) in [6.07, 6.45) is 0.445. The number of hydrogen-bond donors (Lipinski definition) is 2. The van der Waals surface area contributed by atoms with Gasteiger partial charge in [0.15, 0.2) is 0 Å². The van der Waals surface area contributed by atoms with Gasteiger partial charge in [-0.1, -0.05) is 6.92 Å². The molecule has 2 N–H and O–H groups in total. The van der Waals surface area contributed by atoms with Crippen molar-refractivity contribution in [1.29, 1.82) is 0 Å². The number of nitrogens with one attached hydrogen (secondary N) is 1. The van der Waals surface area contributed by atoms with Crippen LogP contribution in [0.2, 0.25) is 0 Å².